The molecule has 1 aliphatic rings. The smallest absolute Gasteiger partial charge is 0.237 e. The first-order chi connectivity index (χ1) is 11.2. The highest BCUT2D eigenvalue weighted by molar-refractivity contribution is 5.82. The van der Waals surface area contributed by atoms with Crippen molar-refractivity contribution in [3.05, 3.63) is 60.2 Å². The molecule has 5 nitrogen and oxygen atoms in total. The maximum Gasteiger partial charge on any atom is 0.237 e. The van der Waals surface area contributed by atoms with E-state index in [1.807, 2.05) is 54.6 Å². The van der Waals surface area contributed by atoms with Gasteiger partial charge in [-0.25, -0.2) is 0 Å². The van der Waals surface area contributed by atoms with Gasteiger partial charge in [-0.2, -0.15) is 0 Å². The molecule has 120 valence electrons. The Morgan fingerprint density at radius 3 is 2.70 bits per heavy atom. The van der Waals surface area contributed by atoms with Crippen molar-refractivity contribution in [2.45, 2.75) is 25.1 Å². The van der Waals surface area contributed by atoms with Gasteiger partial charge < -0.3 is 20.5 Å². The van der Waals surface area contributed by atoms with Gasteiger partial charge in [-0.05, 0) is 36.2 Å². The van der Waals surface area contributed by atoms with Crippen LogP contribution in [0.3, 0.4) is 0 Å². The molecular weight excluding hydrogens is 292 g/mol. The van der Waals surface area contributed by atoms with Crippen molar-refractivity contribution >= 4 is 5.91 Å². The average molecular weight is 312 g/mol. The minimum absolute atomic E-state index is 0.0871. The van der Waals surface area contributed by atoms with Gasteiger partial charge in [0.2, 0.25) is 5.91 Å². The fourth-order valence-corrected chi connectivity index (χ4v) is 2.57. The molecule has 1 heterocycles. The third-order valence-corrected chi connectivity index (χ3v) is 3.77. The highest BCUT2D eigenvalue weighted by Gasteiger charge is 2.27. The van der Waals surface area contributed by atoms with Gasteiger partial charge in [-0.1, -0.05) is 30.3 Å². The molecular formula is C18H20N2O3. The number of rotatable bonds is 5. The summed E-state index contributed by atoms with van der Waals surface area (Å²) in [6.07, 6.45) is 0.0246. The molecule has 1 fully saturated rings. The Kier molecular flexibility index (Phi) is 4.90. The molecule has 2 aromatic rings. The number of hydrogen-bond acceptors (Lipinski definition) is 4. The summed E-state index contributed by atoms with van der Waals surface area (Å²) in [5.41, 5.74) is 0.963. The lowest BCUT2D eigenvalue weighted by molar-refractivity contribution is -0.123. The zero-order valence-electron chi connectivity index (χ0n) is 12.7. The van der Waals surface area contributed by atoms with Crippen molar-refractivity contribution in [3.63, 3.8) is 0 Å². The van der Waals surface area contributed by atoms with Crippen LogP contribution in [0.4, 0.5) is 0 Å². The van der Waals surface area contributed by atoms with Crippen LogP contribution in [0.15, 0.2) is 54.6 Å². The number of amides is 1. The first kappa shape index (κ1) is 15.5. The fraction of sp³-hybridized carbons (Fsp3) is 0.278. The standard InChI is InChI=1S/C18H20N2O3/c21-14-10-17(19-12-14)18(22)20-11-13-5-4-8-16(9-13)23-15-6-2-1-3-7-15/h1-9,14,17,19,21H,10-12H2,(H,20,22)/t14-,17+/m0/s1. The zero-order chi connectivity index (χ0) is 16.1. The molecule has 1 amide bonds. The molecule has 5 heteroatoms. The summed E-state index contributed by atoms with van der Waals surface area (Å²) < 4.78 is 5.78. The SMILES string of the molecule is O=C(NCc1cccc(Oc2ccccc2)c1)[C@H]1C[C@H](O)CN1. The highest BCUT2D eigenvalue weighted by Crippen LogP contribution is 2.21. The van der Waals surface area contributed by atoms with Crippen LogP contribution in [0.2, 0.25) is 0 Å². The van der Waals surface area contributed by atoms with Crippen molar-refractivity contribution in [1.82, 2.24) is 10.6 Å². The maximum atomic E-state index is 12.0. The van der Waals surface area contributed by atoms with Crippen molar-refractivity contribution in [2.24, 2.45) is 0 Å². The number of nitrogens with one attached hydrogen (secondary N) is 2. The average Bonchev–Trinajstić information content (AvgIpc) is 3.01. The molecule has 2 atom stereocenters. The first-order valence-corrected chi connectivity index (χ1v) is 7.72. The van der Waals surface area contributed by atoms with Crippen LogP contribution < -0.4 is 15.4 Å². The van der Waals surface area contributed by atoms with Gasteiger partial charge in [0, 0.05) is 13.1 Å². The second kappa shape index (κ2) is 7.26. The van der Waals surface area contributed by atoms with E-state index in [0.717, 1.165) is 17.1 Å². The second-order valence-corrected chi connectivity index (χ2v) is 5.63. The van der Waals surface area contributed by atoms with Crippen LogP contribution in [0.25, 0.3) is 0 Å². The number of para-hydroxylation sites is 1. The van der Waals surface area contributed by atoms with Crippen molar-refractivity contribution in [1.29, 1.82) is 0 Å². The monoisotopic (exact) mass is 312 g/mol. The molecule has 0 aliphatic carbocycles. The molecule has 0 aromatic heterocycles. The third-order valence-electron chi connectivity index (χ3n) is 3.77. The van der Waals surface area contributed by atoms with E-state index < -0.39 is 6.10 Å². The molecule has 0 radical (unpaired) electrons. The van der Waals surface area contributed by atoms with Gasteiger partial charge in [0.1, 0.15) is 11.5 Å². The highest BCUT2D eigenvalue weighted by atomic mass is 16.5. The Balaban J connectivity index is 1.56. The molecule has 2 aromatic carbocycles. The van der Waals surface area contributed by atoms with E-state index in [-0.39, 0.29) is 11.9 Å². The van der Waals surface area contributed by atoms with Crippen molar-refractivity contribution in [3.8, 4) is 11.5 Å². The van der Waals surface area contributed by atoms with Crippen LogP contribution >= 0.6 is 0 Å². The number of carbonyl (C=O) groups is 1. The molecule has 0 unspecified atom stereocenters. The zero-order valence-corrected chi connectivity index (χ0v) is 12.7. The Labute approximate surface area is 135 Å². The van der Waals surface area contributed by atoms with Crippen LogP contribution in [0.1, 0.15) is 12.0 Å². The van der Waals surface area contributed by atoms with Crippen LogP contribution in [0, 0.1) is 0 Å². The Bertz CT molecular complexity index is 660. The van der Waals surface area contributed by atoms with E-state index in [9.17, 15) is 9.90 Å². The Hall–Kier alpha value is -2.37. The van der Waals surface area contributed by atoms with E-state index in [1.165, 1.54) is 0 Å². The minimum Gasteiger partial charge on any atom is -0.457 e. The fourth-order valence-electron chi connectivity index (χ4n) is 2.57. The molecule has 3 N–H and O–H groups in total. The van der Waals surface area contributed by atoms with Gasteiger partial charge in [0.25, 0.3) is 0 Å². The maximum absolute atomic E-state index is 12.0. The van der Waals surface area contributed by atoms with Crippen LogP contribution in [0.5, 0.6) is 11.5 Å². The number of β-amino-alcohol motifs (C(OH)–C–C–N with tert-alkyl or cyclic N) is 1. The number of hydrogen-bond donors (Lipinski definition) is 3. The van der Waals surface area contributed by atoms with Gasteiger partial charge in [0.05, 0.1) is 12.1 Å². The van der Waals surface area contributed by atoms with E-state index in [0.29, 0.717) is 19.5 Å². The van der Waals surface area contributed by atoms with E-state index in [4.69, 9.17) is 4.74 Å². The number of aliphatic hydroxyl groups is 1. The lowest BCUT2D eigenvalue weighted by atomic mass is 10.1. The van der Waals surface area contributed by atoms with Crippen molar-refractivity contribution in [2.75, 3.05) is 6.54 Å². The molecule has 0 bridgehead atoms. The van der Waals surface area contributed by atoms with Crippen LogP contribution in [-0.4, -0.2) is 29.7 Å². The summed E-state index contributed by atoms with van der Waals surface area (Å²) in [6, 6.07) is 16.9. The van der Waals surface area contributed by atoms with Gasteiger partial charge in [-0.15, -0.1) is 0 Å². The van der Waals surface area contributed by atoms with Crippen LogP contribution in [-0.2, 0) is 11.3 Å². The molecule has 0 saturated carbocycles. The predicted octanol–water partition coefficient (Wildman–Crippen LogP) is 1.82. The molecule has 3 rings (SSSR count). The summed E-state index contributed by atoms with van der Waals surface area (Å²) in [5.74, 6) is 1.42. The Morgan fingerprint density at radius 2 is 1.96 bits per heavy atom. The second-order valence-electron chi connectivity index (χ2n) is 5.63. The number of carbonyl (C=O) groups excluding carboxylic acids is 1. The number of benzene rings is 2. The predicted molar refractivity (Wildman–Crippen MR) is 87.2 cm³/mol. The summed E-state index contributed by atoms with van der Waals surface area (Å²) in [4.78, 5) is 12.0. The molecule has 1 saturated heterocycles. The summed E-state index contributed by atoms with van der Waals surface area (Å²) in [7, 11) is 0. The van der Waals surface area contributed by atoms with E-state index >= 15 is 0 Å². The first-order valence-electron chi connectivity index (χ1n) is 7.72. The normalized spacial score (nSPS) is 20.2. The van der Waals surface area contributed by atoms with E-state index in [2.05, 4.69) is 10.6 Å². The lowest BCUT2D eigenvalue weighted by Gasteiger charge is -2.12. The third kappa shape index (κ3) is 4.31. The summed E-state index contributed by atoms with van der Waals surface area (Å²) in [6.45, 7) is 0.900. The molecule has 1 aliphatic heterocycles. The molecule has 23 heavy (non-hydrogen) atoms. The minimum atomic E-state index is -0.437. The van der Waals surface area contributed by atoms with E-state index in [1.54, 1.807) is 0 Å². The summed E-state index contributed by atoms with van der Waals surface area (Å²) >= 11 is 0. The topological polar surface area (TPSA) is 70.6 Å². The quantitative estimate of drug-likeness (QED) is 0.787. The van der Waals surface area contributed by atoms with Gasteiger partial charge in [-0.3, -0.25) is 4.79 Å². The largest absolute Gasteiger partial charge is 0.457 e. The van der Waals surface area contributed by atoms with Crippen molar-refractivity contribution < 1.29 is 14.6 Å². The number of aliphatic hydroxyl groups excluding tert-OH is 1. The van der Waals surface area contributed by atoms with Gasteiger partial charge >= 0.3 is 0 Å². The lowest BCUT2D eigenvalue weighted by Crippen LogP contribution is -2.39. The Morgan fingerprint density at radius 1 is 1.17 bits per heavy atom. The van der Waals surface area contributed by atoms with Gasteiger partial charge in [0.15, 0.2) is 0 Å². The number of ether oxygens (including phenoxy) is 1. The summed E-state index contributed by atoms with van der Waals surface area (Å²) in [5, 5.41) is 15.3. The molecule has 0 spiro atoms.